The van der Waals surface area contributed by atoms with E-state index in [0.29, 0.717) is 17.4 Å². The van der Waals surface area contributed by atoms with E-state index in [0.717, 1.165) is 57.8 Å². The lowest BCUT2D eigenvalue weighted by Crippen LogP contribution is -2.45. The zero-order chi connectivity index (χ0) is 66.2. The minimum atomic E-state index is -4.36. The number of aliphatic hydroxyl groups is 1. The molecule has 9 heteroatoms. The molecule has 91 heavy (non-hydrogen) atoms. The number of nitrogens with one attached hydrogen (secondary N) is 1. The second-order valence-electron chi connectivity index (χ2n) is 28.8. The first-order valence-corrected chi connectivity index (χ1v) is 41.7. The third kappa shape index (κ3) is 75.4. The van der Waals surface area contributed by atoms with Gasteiger partial charge in [0.15, 0.2) is 0 Å². The molecule has 0 aromatic heterocycles. The molecule has 0 saturated heterocycles. The van der Waals surface area contributed by atoms with E-state index in [9.17, 15) is 19.4 Å². The van der Waals surface area contributed by atoms with Gasteiger partial charge < -0.3 is 19.8 Å². The summed E-state index contributed by atoms with van der Waals surface area (Å²) in [5.74, 6) is -0.168. The molecule has 0 aliphatic heterocycles. The number of rotatable bonds is 75. The summed E-state index contributed by atoms with van der Waals surface area (Å²) in [6.45, 7) is 4.77. The summed E-state index contributed by atoms with van der Waals surface area (Å²) in [7, 11) is 1.59. The van der Waals surface area contributed by atoms with E-state index in [1.54, 1.807) is 6.08 Å². The van der Waals surface area contributed by atoms with Gasteiger partial charge >= 0.3 is 7.82 Å². The Bertz CT molecular complexity index is 1670. The molecule has 3 N–H and O–H groups in total. The van der Waals surface area contributed by atoms with Crippen molar-refractivity contribution in [1.82, 2.24) is 5.32 Å². The maximum atomic E-state index is 13.1. The Hall–Kier alpha value is -1.80. The Kier molecular flexibility index (Phi) is 71.0. The van der Waals surface area contributed by atoms with Crippen LogP contribution in [-0.4, -0.2) is 73.4 Å². The van der Waals surface area contributed by atoms with Crippen LogP contribution in [0.3, 0.4) is 0 Å². The van der Waals surface area contributed by atoms with Gasteiger partial charge in [-0.25, -0.2) is 4.57 Å². The Balaban J connectivity index is 3.93. The van der Waals surface area contributed by atoms with Crippen LogP contribution in [0.1, 0.15) is 406 Å². The molecule has 0 aliphatic carbocycles. The molecule has 0 heterocycles. The van der Waals surface area contributed by atoms with Gasteiger partial charge in [-0.05, 0) is 57.8 Å². The topological polar surface area (TPSA) is 105 Å². The number of hydrogen-bond acceptors (Lipinski definition) is 5. The van der Waals surface area contributed by atoms with Crippen LogP contribution in [0.4, 0.5) is 0 Å². The van der Waals surface area contributed by atoms with Gasteiger partial charge in [0, 0.05) is 6.42 Å². The average Bonchev–Trinajstić information content (AvgIpc) is 3.58. The summed E-state index contributed by atoms with van der Waals surface area (Å²) in [6.07, 6.45) is 101. The molecule has 0 spiro atoms. The first-order valence-electron chi connectivity index (χ1n) is 40.2. The van der Waals surface area contributed by atoms with Crippen LogP contribution in [0, 0.1) is 0 Å². The first kappa shape index (κ1) is 89.2. The number of carbonyl (C=O) groups excluding carboxylic acids is 1. The number of unbranched alkanes of at least 4 members (excludes halogenated alkanes) is 54. The average molecular weight is 1300 g/mol. The van der Waals surface area contributed by atoms with Crippen LogP contribution >= 0.6 is 7.82 Å². The van der Waals surface area contributed by atoms with Crippen molar-refractivity contribution in [3.05, 3.63) is 60.8 Å². The van der Waals surface area contributed by atoms with E-state index < -0.39 is 20.0 Å². The number of hydrogen-bond donors (Lipinski definition) is 3. The Labute approximate surface area is 568 Å². The fourth-order valence-electron chi connectivity index (χ4n) is 12.3. The van der Waals surface area contributed by atoms with Gasteiger partial charge in [0.1, 0.15) is 13.2 Å². The second-order valence-corrected chi connectivity index (χ2v) is 30.2. The number of quaternary nitrogens is 1. The van der Waals surface area contributed by atoms with Crippen molar-refractivity contribution >= 4 is 13.7 Å². The van der Waals surface area contributed by atoms with Gasteiger partial charge in [0.05, 0.1) is 39.9 Å². The number of amides is 1. The molecule has 0 aromatic rings. The number of nitrogens with zero attached hydrogens (tertiary/aromatic N) is 1. The number of carbonyl (C=O) groups is 1. The molecule has 0 radical (unpaired) electrons. The molecule has 0 bridgehead atoms. The quantitative estimate of drug-likeness (QED) is 0.0243. The van der Waals surface area contributed by atoms with E-state index in [2.05, 4.69) is 67.8 Å². The minimum Gasteiger partial charge on any atom is -0.387 e. The van der Waals surface area contributed by atoms with E-state index in [-0.39, 0.29) is 19.1 Å². The number of allylic oxidation sites excluding steroid dienone is 9. The van der Waals surface area contributed by atoms with Crippen LogP contribution < -0.4 is 5.32 Å². The minimum absolute atomic E-state index is 0.0634. The summed E-state index contributed by atoms with van der Waals surface area (Å²) < 4.78 is 23.9. The van der Waals surface area contributed by atoms with Crippen molar-refractivity contribution in [1.29, 1.82) is 0 Å². The molecule has 3 atom stereocenters. The van der Waals surface area contributed by atoms with Crippen LogP contribution in [0.25, 0.3) is 0 Å². The lowest BCUT2D eigenvalue weighted by Gasteiger charge is -2.25. The fraction of sp³-hybridized carbons (Fsp3) is 0.866. The normalized spacial score (nSPS) is 13.8. The summed E-state index contributed by atoms with van der Waals surface area (Å²) in [4.78, 5) is 23.5. The van der Waals surface area contributed by atoms with Gasteiger partial charge in [-0.1, -0.05) is 402 Å². The largest absolute Gasteiger partial charge is 0.472 e. The highest BCUT2D eigenvalue weighted by molar-refractivity contribution is 7.47. The first-order chi connectivity index (χ1) is 44.5. The zero-order valence-electron chi connectivity index (χ0n) is 61.6. The second kappa shape index (κ2) is 72.5. The molecule has 8 nitrogen and oxygen atoms in total. The van der Waals surface area contributed by atoms with E-state index in [4.69, 9.17) is 9.05 Å². The molecule has 0 fully saturated rings. The zero-order valence-corrected chi connectivity index (χ0v) is 62.5. The predicted molar refractivity (Wildman–Crippen MR) is 401 cm³/mol. The van der Waals surface area contributed by atoms with Crippen molar-refractivity contribution in [2.75, 3.05) is 40.9 Å². The monoisotopic (exact) mass is 1300 g/mol. The van der Waals surface area contributed by atoms with Gasteiger partial charge in [0.2, 0.25) is 5.91 Å². The molecule has 0 saturated carbocycles. The third-order valence-electron chi connectivity index (χ3n) is 18.5. The van der Waals surface area contributed by atoms with E-state index >= 15 is 0 Å². The number of phosphoric acid groups is 1. The highest BCUT2D eigenvalue weighted by atomic mass is 31.2. The molecule has 0 rings (SSSR count). The molecule has 0 aliphatic rings. The fourth-order valence-corrected chi connectivity index (χ4v) is 13.1. The van der Waals surface area contributed by atoms with Gasteiger partial charge in [-0.3, -0.25) is 13.8 Å². The molecular weight excluding hydrogens is 1140 g/mol. The van der Waals surface area contributed by atoms with Crippen LogP contribution in [0.5, 0.6) is 0 Å². The lowest BCUT2D eigenvalue weighted by molar-refractivity contribution is -0.870. The van der Waals surface area contributed by atoms with Crippen molar-refractivity contribution in [2.24, 2.45) is 0 Å². The Morgan fingerprint density at radius 2 is 0.659 bits per heavy atom. The highest BCUT2D eigenvalue weighted by Gasteiger charge is 2.28. The maximum absolute atomic E-state index is 13.1. The summed E-state index contributed by atoms with van der Waals surface area (Å²) in [5, 5.41) is 14.1. The van der Waals surface area contributed by atoms with Crippen LogP contribution in [-0.2, 0) is 18.4 Å². The van der Waals surface area contributed by atoms with Crippen molar-refractivity contribution in [3.8, 4) is 0 Å². The highest BCUT2D eigenvalue weighted by Crippen LogP contribution is 2.43. The van der Waals surface area contributed by atoms with Crippen molar-refractivity contribution in [3.63, 3.8) is 0 Å². The summed E-state index contributed by atoms with van der Waals surface area (Å²) >= 11 is 0. The summed E-state index contributed by atoms with van der Waals surface area (Å²) in [5.41, 5.74) is 0. The molecule has 536 valence electrons. The number of aliphatic hydroxyl groups excluding tert-OH is 1. The molecule has 1 amide bonds. The molecule has 3 unspecified atom stereocenters. The Morgan fingerprint density at radius 1 is 0.385 bits per heavy atom. The van der Waals surface area contributed by atoms with Crippen molar-refractivity contribution < 1.29 is 32.9 Å². The number of phosphoric ester groups is 1. The predicted octanol–water partition coefficient (Wildman–Crippen LogP) is 26.3. The smallest absolute Gasteiger partial charge is 0.387 e. The van der Waals surface area contributed by atoms with Crippen molar-refractivity contribution in [2.45, 2.75) is 418 Å². The van der Waals surface area contributed by atoms with Gasteiger partial charge in [-0.2, -0.15) is 0 Å². The summed E-state index contributed by atoms with van der Waals surface area (Å²) in [6, 6.07) is -0.848. The van der Waals surface area contributed by atoms with Gasteiger partial charge in [-0.15, -0.1) is 0 Å². The Morgan fingerprint density at radius 3 is 0.967 bits per heavy atom. The van der Waals surface area contributed by atoms with Crippen LogP contribution in [0.2, 0.25) is 0 Å². The van der Waals surface area contributed by atoms with Gasteiger partial charge in [0.25, 0.3) is 0 Å². The van der Waals surface area contributed by atoms with E-state index in [1.807, 2.05) is 27.2 Å². The SMILES string of the molecule is CC/C=C\C/C=C\C/C=C\C/C=C\CCCCCCCCCCCCCCCCCCCCCCCCCCCCC(=O)NC(COP(=O)(O)OCC[N+](C)(C)C)C(O)/C=C/CCCCCCCCCCCCCCCCCCCCCCCCCCCCCC. The molecular formula is C82H158N2O6P+. The van der Waals surface area contributed by atoms with E-state index in [1.165, 1.54) is 327 Å². The lowest BCUT2D eigenvalue weighted by atomic mass is 10.0. The molecule has 0 aromatic carbocycles. The third-order valence-corrected chi connectivity index (χ3v) is 19.5. The maximum Gasteiger partial charge on any atom is 0.472 e. The number of likely N-dealkylation sites (N-methyl/N-ethyl adjacent to an activating group) is 1. The van der Waals surface area contributed by atoms with Crippen LogP contribution in [0.15, 0.2) is 60.8 Å². The standard InChI is InChI=1S/C82H157N2O6P/c1-6-8-10-12-14-16-18-20-22-24-26-28-30-32-34-36-38-39-40-41-42-43-44-45-46-48-50-52-54-56-58-60-62-64-66-68-70-72-74-76-82(86)83-80(79-90-91(87,88)89-78-77-84(3,4)5)81(85)75-73-71-69-67-65-63-61-59-57-55-53-51-49-47-37-35-33-31-29-27-25-23-21-19-17-15-13-11-9-7-2/h8,10,14,16,20,22,26,28,73,75,80-81,85H,6-7,9,11-13,15,17-19,21,23-25,27,29-72,74,76-79H2,1-5H3,(H-,83,86,87,88)/p+1/b10-8-,16-14-,22-20-,28-26-,75-73+.